The van der Waals surface area contributed by atoms with E-state index in [1.54, 1.807) is 0 Å². The number of hydrogen-bond acceptors (Lipinski definition) is 0. The maximum Gasteiger partial charge on any atom is 0.129 e. The fourth-order valence-corrected chi connectivity index (χ4v) is 17.2. The van der Waals surface area contributed by atoms with Gasteiger partial charge >= 0.3 is 0 Å². The molecule has 0 amide bonds. The molecule has 4 spiro atoms. The second-order valence-corrected chi connectivity index (χ2v) is 26.6. The van der Waals surface area contributed by atoms with Crippen LogP contribution in [0.5, 0.6) is 0 Å². The molecule has 6 aliphatic rings. The first-order chi connectivity index (χ1) is 30.0. The Hall–Kier alpha value is 1.16. The highest BCUT2D eigenvalue weighted by molar-refractivity contribution is 6.50. The molecular formula is C58H104Cl4. The van der Waals surface area contributed by atoms with Crippen molar-refractivity contribution in [2.75, 3.05) is 0 Å². The summed E-state index contributed by atoms with van der Waals surface area (Å²) >= 11 is 29.1. The van der Waals surface area contributed by atoms with Crippen molar-refractivity contribution in [3.05, 3.63) is 0 Å². The molecular weight excluding hydrogens is 838 g/mol. The van der Waals surface area contributed by atoms with Gasteiger partial charge in [-0.2, -0.15) is 0 Å². The Morgan fingerprint density at radius 3 is 0.629 bits per heavy atom. The van der Waals surface area contributed by atoms with Gasteiger partial charge in [-0.15, -0.1) is 46.4 Å². The summed E-state index contributed by atoms with van der Waals surface area (Å²) in [7, 11) is 0. The third-order valence-corrected chi connectivity index (χ3v) is 22.8. The van der Waals surface area contributed by atoms with E-state index in [9.17, 15) is 0 Å². The van der Waals surface area contributed by atoms with Gasteiger partial charge in [-0.05, 0) is 139 Å². The molecule has 0 radical (unpaired) electrons. The van der Waals surface area contributed by atoms with Crippen molar-refractivity contribution in [2.24, 2.45) is 45.3 Å². The average Bonchev–Trinajstić information content (AvgIpc) is 3.28. The maximum atomic E-state index is 7.29. The van der Waals surface area contributed by atoms with Crippen molar-refractivity contribution in [3.8, 4) is 0 Å². The molecule has 6 saturated carbocycles. The molecule has 6 rings (SSSR count). The molecule has 0 heterocycles. The van der Waals surface area contributed by atoms with Gasteiger partial charge in [0, 0.05) is 21.7 Å². The minimum atomic E-state index is -0.448. The molecule has 6 aliphatic carbocycles. The number of hydrogen-bond donors (Lipinski definition) is 0. The number of rotatable bonds is 26. The van der Waals surface area contributed by atoms with Gasteiger partial charge in [0.1, 0.15) is 8.67 Å². The van der Waals surface area contributed by atoms with Crippen molar-refractivity contribution in [2.45, 2.75) is 319 Å². The SMILES string of the molecule is CCCCCCCC1CC[C@]2(CC1)C[C@@]1(CCC(CCCCCCC)CC1)C2(Cl)Cl.CCCCCCCCC1CCC2(CC1)C[C@]1(CC[C@@H](CCCCCCCC)CC1)C2(Cl)Cl. The second-order valence-electron chi connectivity index (χ2n) is 23.9. The van der Waals surface area contributed by atoms with Gasteiger partial charge in [0.25, 0.3) is 0 Å². The van der Waals surface area contributed by atoms with Gasteiger partial charge in [0.05, 0.1) is 0 Å². The molecule has 364 valence electrons. The predicted molar refractivity (Wildman–Crippen MR) is 278 cm³/mol. The molecule has 0 bridgehead atoms. The first kappa shape index (κ1) is 54.1. The van der Waals surface area contributed by atoms with Gasteiger partial charge in [-0.1, -0.05) is 195 Å². The molecule has 0 aromatic rings. The van der Waals surface area contributed by atoms with E-state index in [-0.39, 0.29) is 21.7 Å². The predicted octanol–water partition coefficient (Wildman–Crippen LogP) is 22.1. The van der Waals surface area contributed by atoms with Gasteiger partial charge in [-0.3, -0.25) is 0 Å². The Kier molecular flexibility index (Phi) is 23.4. The molecule has 6 fully saturated rings. The quantitative estimate of drug-likeness (QED) is 0.0599. The molecule has 0 N–H and O–H groups in total. The summed E-state index contributed by atoms with van der Waals surface area (Å²) in [6, 6.07) is 0. The van der Waals surface area contributed by atoms with E-state index < -0.39 is 8.67 Å². The molecule has 0 aromatic carbocycles. The lowest BCUT2D eigenvalue weighted by molar-refractivity contribution is -0.115. The molecule has 4 heteroatoms. The van der Waals surface area contributed by atoms with E-state index in [4.69, 9.17) is 46.4 Å². The fourth-order valence-electron chi connectivity index (χ4n) is 15.2. The van der Waals surface area contributed by atoms with Crippen LogP contribution < -0.4 is 0 Å². The highest BCUT2D eigenvalue weighted by Crippen LogP contribution is 2.78. The van der Waals surface area contributed by atoms with E-state index in [1.165, 1.54) is 283 Å². The van der Waals surface area contributed by atoms with E-state index >= 15 is 0 Å². The summed E-state index contributed by atoms with van der Waals surface area (Å²) in [5.74, 6) is 3.78. The van der Waals surface area contributed by atoms with E-state index in [2.05, 4.69) is 27.7 Å². The van der Waals surface area contributed by atoms with Crippen molar-refractivity contribution >= 4 is 46.4 Å². The molecule has 0 unspecified atom stereocenters. The molecule has 0 atom stereocenters. The number of halogens is 4. The number of alkyl halides is 4. The van der Waals surface area contributed by atoms with Gasteiger partial charge in [0.2, 0.25) is 0 Å². The molecule has 0 aliphatic heterocycles. The van der Waals surface area contributed by atoms with Crippen LogP contribution in [0.2, 0.25) is 0 Å². The minimum Gasteiger partial charge on any atom is -0.100 e. The molecule has 0 saturated heterocycles. The van der Waals surface area contributed by atoms with Crippen LogP contribution >= 0.6 is 46.4 Å². The lowest BCUT2D eigenvalue weighted by Gasteiger charge is -2.69. The lowest BCUT2D eigenvalue weighted by Crippen LogP contribution is -2.66. The zero-order chi connectivity index (χ0) is 44.4. The highest BCUT2D eigenvalue weighted by atomic mass is 35.5. The Balaban J connectivity index is 0.000000235. The van der Waals surface area contributed by atoms with Crippen LogP contribution in [0.1, 0.15) is 310 Å². The van der Waals surface area contributed by atoms with Crippen LogP contribution in [0.3, 0.4) is 0 Å². The zero-order valence-corrected chi connectivity index (χ0v) is 45.0. The van der Waals surface area contributed by atoms with Crippen LogP contribution in [0.15, 0.2) is 0 Å². The number of unbranched alkanes of at least 4 members (excludes halogenated alkanes) is 18. The summed E-state index contributed by atoms with van der Waals surface area (Å²) in [5.41, 5.74) is 1.00. The Morgan fingerprint density at radius 2 is 0.452 bits per heavy atom. The van der Waals surface area contributed by atoms with Crippen LogP contribution in [0.25, 0.3) is 0 Å². The third kappa shape index (κ3) is 13.7. The summed E-state index contributed by atoms with van der Waals surface area (Å²) < 4.78 is -0.894. The maximum absolute atomic E-state index is 7.29. The zero-order valence-electron chi connectivity index (χ0n) is 41.9. The van der Waals surface area contributed by atoms with E-state index in [0.717, 1.165) is 23.7 Å². The van der Waals surface area contributed by atoms with Crippen LogP contribution in [-0.4, -0.2) is 8.67 Å². The highest BCUT2D eigenvalue weighted by Gasteiger charge is 2.73. The van der Waals surface area contributed by atoms with Crippen molar-refractivity contribution in [3.63, 3.8) is 0 Å². The molecule has 62 heavy (non-hydrogen) atoms. The largest absolute Gasteiger partial charge is 0.129 e. The van der Waals surface area contributed by atoms with Crippen LogP contribution in [-0.2, 0) is 0 Å². The summed E-state index contributed by atoms with van der Waals surface area (Å²) in [4.78, 5) is 0. The van der Waals surface area contributed by atoms with E-state index in [0.29, 0.717) is 0 Å². The summed E-state index contributed by atoms with van der Waals surface area (Å²) in [6.07, 6.45) is 61.1. The van der Waals surface area contributed by atoms with Crippen molar-refractivity contribution in [1.82, 2.24) is 0 Å². The molecule has 0 aromatic heterocycles. The monoisotopic (exact) mass is 941 g/mol. The van der Waals surface area contributed by atoms with Crippen LogP contribution in [0.4, 0.5) is 0 Å². The van der Waals surface area contributed by atoms with Crippen LogP contribution in [0, 0.1) is 45.3 Å². The summed E-state index contributed by atoms with van der Waals surface area (Å²) in [6.45, 7) is 9.21. The standard InChI is InChI=1S/C30H54Cl2.C28H50Cl2/c1-3-5-7-9-11-13-15-26-17-21-28(22-18-26)25-29(30(28,31)32)23-19-27(20-24-29)16-14-12-10-8-6-4-2;1-3-5-7-9-11-13-24-15-19-26(20-16-24)23-27(28(26,29)30)21-17-25(18-22-27)14-12-10-8-6-4-2/h26-27H,3-25H2,1-2H3;24-25H,3-23H2,1-2H3/t26-,27?,28-,29?;24?,25?,26-,27-. The van der Waals surface area contributed by atoms with Gasteiger partial charge in [-0.25, -0.2) is 0 Å². The fraction of sp³-hybridized carbons (Fsp3) is 1.00. The normalized spacial score (nSPS) is 34.8. The lowest BCUT2D eigenvalue weighted by atomic mass is 9.43. The van der Waals surface area contributed by atoms with Gasteiger partial charge in [0.15, 0.2) is 0 Å². The van der Waals surface area contributed by atoms with Crippen molar-refractivity contribution in [1.29, 1.82) is 0 Å². The van der Waals surface area contributed by atoms with E-state index in [1.807, 2.05) is 0 Å². The first-order valence-corrected chi connectivity index (χ1v) is 30.2. The van der Waals surface area contributed by atoms with Crippen molar-refractivity contribution < 1.29 is 0 Å². The Bertz CT molecular complexity index is 1090. The third-order valence-electron chi connectivity index (χ3n) is 19.6. The summed E-state index contributed by atoms with van der Waals surface area (Å²) in [5, 5.41) is 0. The topological polar surface area (TPSA) is 0 Å². The average molecular weight is 943 g/mol. The smallest absolute Gasteiger partial charge is 0.100 e. The second kappa shape index (κ2) is 26.8. The Labute approximate surface area is 408 Å². The Morgan fingerprint density at radius 1 is 0.274 bits per heavy atom. The first-order valence-electron chi connectivity index (χ1n) is 28.7. The molecule has 0 nitrogen and oxygen atoms in total. The van der Waals surface area contributed by atoms with Gasteiger partial charge < -0.3 is 0 Å². The minimum absolute atomic E-state index is 0.250.